The van der Waals surface area contributed by atoms with Crippen molar-refractivity contribution < 1.29 is 0 Å². The summed E-state index contributed by atoms with van der Waals surface area (Å²) >= 11 is 0. The standard InChI is InChI=1S/C17H20N4/c1-12-8-14-15(11-19-12)20-10-13(9-18)16(14)21-6-4-17(2-3-17)5-7-21/h8,11,20H,2-7,10H2,1H3. The highest BCUT2D eigenvalue weighted by molar-refractivity contribution is 5.82. The smallest absolute Gasteiger partial charge is 0.0988 e. The number of hydrogen-bond donors (Lipinski definition) is 1. The minimum atomic E-state index is 0.616. The highest BCUT2D eigenvalue weighted by atomic mass is 15.2. The Balaban J connectivity index is 1.72. The summed E-state index contributed by atoms with van der Waals surface area (Å²) in [6.45, 7) is 4.79. The summed E-state index contributed by atoms with van der Waals surface area (Å²) in [5.74, 6) is 0. The molecule has 1 aromatic heterocycles. The predicted molar refractivity (Wildman–Crippen MR) is 82.5 cm³/mol. The van der Waals surface area contributed by atoms with Crippen molar-refractivity contribution in [3.8, 4) is 6.07 Å². The van der Waals surface area contributed by atoms with Crippen molar-refractivity contribution >= 4 is 11.4 Å². The van der Waals surface area contributed by atoms with Crippen LogP contribution in [0.5, 0.6) is 0 Å². The highest BCUT2D eigenvalue weighted by Gasteiger charge is 2.45. The van der Waals surface area contributed by atoms with E-state index in [1.54, 1.807) is 0 Å². The van der Waals surface area contributed by atoms with Crippen LogP contribution < -0.4 is 5.32 Å². The fourth-order valence-corrected chi connectivity index (χ4v) is 3.66. The first-order valence-corrected chi connectivity index (χ1v) is 7.80. The van der Waals surface area contributed by atoms with E-state index in [-0.39, 0.29) is 0 Å². The first-order chi connectivity index (χ1) is 10.2. The number of likely N-dealkylation sites (tertiary alicyclic amines) is 1. The van der Waals surface area contributed by atoms with Gasteiger partial charge in [-0.3, -0.25) is 4.98 Å². The maximum atomic E-state index is 9.51. The van der Waals surface area contributed by atoms with Crippen LogP contribution in [0, 0.1) is 23.7 Å². The lowest BCUT2D eigenvalue weighted by molar-refractivity contribution is 0.238. The van der Waals surface area contributed by atoms with E-state index < -0.39 is 0 Å². The molecule has 1 saturated heterocycles. The number of nitrogens with one attached hydrogen (secondary N) is 1. The van der Waals surface area contributed by atoms with Crippen LogP contribution in [0.3, 0.4) is 0 Å². The zero-order chi connectivity index (χ0) is 14.4. The zero-order valence-electron chi connectivity index (χ0n) is 12.4. The highest BCUT2D eigenvalue weighted by Crippen LogP contribution is 2.54. The molecule has 21 heavy (non-hydrogen) atoms. The molecule has 0 aromatic carbocycles. The Morgan fingerprint density at radius 2 is 2.05 bits per heavy atom. The zero-order valence-corrected chi connectivity index (χ0v) is 12.4. The molecule has 4 rings (SSSR count). The molecule has 2 aliphatic heterocycles. The van der Waals surface area contributed by atoms with Gasteiger partial charge in [0.25, 0.3) is 0 Å². The van der Waals surface area contributed by atoms with Crippen molar-refractivity contribution in [2.75, 3.05) is 25.0 Å². The van der Waals surface area contributed by atoms with Gasteiger partial charge in [0.2, 0.25) is 0 Å². The molecule has 1 aromatic rings. The summed E-state index contributed by atoms with van der Waals surface area (Å²) in [6, 6.07) is 4.51. The predicted octanol–water partition coefficient (Wildman–Crippen LogP) is 2.93. The molecule has 1 spiro atoms. The van der Waals surface area contributed by atoms with Gasteiger partial charge in [-0.25, -0.2) is 0 Å². The minimum Gasteiger partial charge on any atom is -0.378 e. The molecule has 1 N–H and O–H groups in total. The summed E-state index contributed by atoms with van der Waals surface area (Å²) < 4.78 is 0. The summed E-state index contributed by atoms with van der Waals surface area (Å²) in [5, 5.41) is 12.8. The van der Waals surface area contributed by atoms with Gasteiger partial charge in [0, 0.05) is 24.3 Å². The molecule has 0 unspecified atom stereocenters. The lowest BCUT2D eigenvalue weighted by Crippen LogP contribution is -2.35. The third kappa shape index (κ3) is 2.08. The average molecular weight is 280 g/mol. The summed E-state index contributed by atoms with van der Waals surface area (Å²) in [5.41, 5.74) is 5.88. The van der Waals surface area contributed by atoms with Crippen LogP contribution in [-0.2, 0) is 0 Å². The van der Waals surface area contributed by atoms with Crippen LogP contribution >= 0.6 is 0 Å². The molecule has 0 radical (unpaired) electrons. The van der Waals surface area contributed by atoms with Crippen LogP contribution in [0.1, 0.15) is 36.9 Å². The molecule has 108 valence electrons. The van der Waals surface area contributed by atoms with Gasteiger partial charge in [-0.15, -0.1) is 0 Å². The second kappa shape index (κ2) is 4.49. The molecule has 0 amide bonds. The Hall–Kier alpha value is -2.02. The van der Waals surface area contributed by atoms with Crippen LogP contribution in [0.4, 0.5) is 5.69 Å². The van der Waals surface area contributed by atoms with E-state index in [1.807, 2.05) is 13.1 Å². The van der Waals surface area contributed by atoms with Crippen LogP contribution in [0.15, 0.2) is 17.8 Å². The van der Waals surface area contributed by atoms with E-state index in [0.717, 1.165) is 41.3 Å². The quantitative estimate of drug-likeness (QED) is 0.859. The topological polar surface area (TPSA) is 52.0 Å². The Kier molecular flexibility index (Phi) is 2.72. The Morgan fingerprint density at radius 3 is 2.71 bits per heavy atom. The van der Waals surface area contributed by atoms with E-state index in [4.69, 9.17) is 0 Å². The summed E-state index contributed by atoms with van der Waals surface area (Å²) in [7, 11) is 0. The third-order valence-electron chi connectivity index (χ3n) is 5.27. The number of pyridine rings is 1. The van der Waals surface area contributed by atoms with E-state index in [2.05, 4.69) is 27.3 Å². The number of aromatic nitrogens is 1. The molecule has 1 saturated carbocycles. The normalized spacial score (nSPS) is 22.6. The minimum absolute atomic E-state index is 0.616. The van der Waals surface area contributed by atoms with Crippen molar-refractivity contribution in [3.63, 3.8) is 0 Å². The SMILES string of the molecule is Cc1cc2c(cn1)NCC(C#N)=C2N1CCC2(CC1)CC2. The van der Waals surface area contributed by atoms with Crippen molar-refractivity contribution in [3.05, 3.63) is 29.1 Å². The molecule has 1 aliphatic carbocycles. The number of rotatable bonds is 1. The average Bonchev–Trinajstić information content (AvgIpc) is 3.26. The molecular formula is C17H20N4. The first kappa shape index (κ1) is 12.7. The monoisotopic (exact) mass is 280 g/mol. The molecular weight excluding hydrogens is 260 g/mol. The van der Waals surface area contributed by atoms with Gasteiger partial charge in [0.15, 0.2) is 0 Å². The number of anilines is 1. The van der Waals surface area contributed by atoms with Crippen LogP contribution in [0.2, 0.25) is 0 Å². The molecule has 0 bridgehead atoms. The Labute approximate surface area is 125 Å². The molecule has 4 nitrogen and oxygen atoms in total. The van der Waals surface area contributed by atoms with Gasteiger partial charge in [-0.2, -0.15) is 5.26 Å². The van der Waals surface area contributed by atoms with E-state index in [9.17, 15) is 5.26 Å². The molecule has 2 fully saturated rings. The van der Waals surface area contributed by atoms with Crippen LogP contribution in [-0.4, -0.2) is 29.5 Å². The molecule has 4 heteroatoms. The number of fused-ring (bicyclic) bond motifs is 1. The molecule has 3 aliphatic rings. The number of aryl methyl sites for hydroxylation is 1. The number of piperidine rings is 1. The maximum Gasteiger partial charge on any atom is 0.0988 e. The fourth-order valence-electron chi connectivity index (χ4n) is 3.66. The van der Waals surface area contributed by atoms with Gasteiger partial charge in [-0.1, -0.05) is 0 Å². The maximum absolute atomic E-state index is 9.51. The molecule has 3 heterocycles. The number of nitrogens with zero attached hydrogens (tertiary/aromatic N) is 3. The second-order valence-electron chi connectivity index (χ2n) is 6.65. The molecule has 0 atom stereocenters. The van der Waals surface area contributed by atoms with Gasteiger partial charge in [0.05, 0.1) is 35.8 Å². The lowest BCUT2D eigenvalue weighted by atomic mass is 9.91. The van der Waals surface area contributed by atoms with Crippen molar-refractivity contribution in [2.45, 2.75) is 32.6 Å². The first-order valence-electron chi connectivity index (χ1n) is 7.80. The van der Waals surface area contributed by atoms with Gasteiger partial charge >= 0.3 is 0 Å². The van der Waals surface area contributed by atoms with Crippen molar-refractivity contribution in [1.29, 1.82) is 5.26 Å². The van der Waals surface area contributed by atoms with E-state index in [1.165, 1.54) is 25.7 Å². The van der Waals surface area contributed by atoms with Gasteiger partial charge in [0.1, 0.15) is 0 Å². The van der Waals surface area contributed by atoms with Crippen LogP contribution in [0.25, 0.3) is 5.70 Å². The summed E-state index contributed by atoms with van der Waals surface area (Å²) in [6.07, 6.45) is 7.27. The van der Waals surface area contributed by atoms with Crippen molar-refractivity contribution in [2.24, 2.45) is 5.41 Å². The van der Waals surface area contributed by atoms with E-state index >= 15 is 0 Å². The number of nitriles is 1. The number of hydrogen-bond acceptors (Lipinski definition) is 4. The Bertz CT molecular complexity index is 654. The Morgan fingerprint density at radius 1 is 1.29 bits per heavy atom. The fraction of sp³-hybridized carbons (Fsp3) is 0.529. The lowest BCUT2D eigenvalue weighted by Gasteiger charge is -2.38. The van der Waals surface area contributed by atoms with Gasteiger partial charge < -0.3 is 10.2 Å². The second-order valence-corrected chi connectivity index (χ2v) is 6.65. The van der Waals surface area contributed by atoms with Gasteiger partial charge in [-0.05, 0) is 44.1 Å². The van der Waals surface area contributed by atoms with Crippen molar-refractivity contribution in [1.82, 2.24) is 9.88 Å². The van der Waals surface area contributed by atoms with E-state index in [0.29, 0.717) is 12.0 Å². The largest absolute Gasteiger partial charge is 0.378 e. The summed E-state index contributed by atoms with van der Waals surface area (Å²) in [4.78, 5) is 6.80. The third-order valence-corrected chi connectivity index (χ3v) is 5.27.